The molecular formula is C22H22O2. The molecular weight excluding hydrogens is 296 g/mol. The van der Waals surface area contributed by atoms with E-state index in [4.69, 9.17) is 4.74 Å². The highest BCUT2D eigenvalue weighted by atomic mass is 16.5. The Morgan fingerprint density at radius 3 is 2.75 bits per heavy atom. The van der Waals surface area contributed by atoms with Gasteiger partial charge >= 0.3 is 5.97 Å². The van der Waals surface area contributed by atoms with E-state index < -0.39 is 0 Å². The van der Waals surface area contributed by atoms with Gasteiger partial charge in [-0.05, 0) is 47.9 Å². The average molecular weight is 318 g/mol. The lowest BCUT2D eigenvalue weighted by Crippen LogP contribution is -2.09. The highest BCUT2D eigenvalue weighted by molar-refractivity contribution is 5.80. The first-order chi connectivity index (χ1) is 11.8. The van der Waals surface area contributed by atoms with Crippen molar-refractivity contribution >= 4 is 11.7 Å². The number of benzene rings is 2. The van der Waals surface area contributed by atoms with Gasteiger partial charge in [-0.3, -0.25) is 4.79 Å². The zero-order chi connectivity index (χ0) is 16.5. The molecule has 2 aliphatic rings. The van der Waals surface area contributed by atoms with Crippen molar-refractivity contribution in [1.29, 1.82) is 0 Å². The van der Waals surface area contributed by atoms with Crippen molar-refractivity contribution in [1.82, 2.24) is 0 Å². The summed E-state index contributed by atoms with van der Waals surface area (Å²) in [7, 11) is 0. The zero-order valence-electron chi connectivity index (χ0n) is 14.0. The summed E-state index contributed by atoms with van der Waals surface area (Å²) in [5.41, 5.74) is 5.30. The van der Waals surface area contributed by atoms with Gasteiger partial charge in [0.25, 0.3) is 0 Å². The highest BCUT2D eigenvalue weighted by Gasteiger charge is 2.36. The summed E-state index contributed by atoms with van der Waals surface area (Å²) in [4.78, 5) is 11.9. The third kappa shape index (κ3) is 2.56. The lowest BCUT2D eigenvalue weighted by molar-refractivity contribution is -0.136. The van der Waals surface area contributed by atoms with Crippen LogP contribution in [0.25, 0.3) is 5.76 Å². The molecule has 4 rings (SSSR count). The van der Waals surface area contributed by atoms with Gasteiger partial charge in [0.1, 0.15) is 5.76 Å². The van der Waals surface area contributed by atoms with Crippen molar-refractivity contribution in [3.05, 3.63) is 76.9 Å². The first-order valence-corrected chi connectivity index (χ1v) is 8.87. The van der Waals surface area contributed by atoms with Crippen LogP contribution in [0.1, 0.15) is 66.7 Å². The quantitative estimate of drug-likeness (QED) is 0.706. The highest BCUT2D eigenvalue weighted by Crippen LogP contribution is 2.51. The maximum absolute atomic E-state index is 11.9. The molecule has 2 nitrogen and oxygen atoms in total. The van der Waals surface area contributed by atoms with Gasteiger partial charge in [-0.2, -0.15) is 0 Å². The monoisotopic (exact) mass is 318 g/mol. The fraction of sp³-hybridized carbons (Fsp3) is 0.318. The summed E-state index contributed by atoms with van der Waals surface area (Å²) in [5.74, 6) is 1.62. The van der Waals surface area contributed by atoms with Crippen molar-refractivity contribution in [2.45, 2.75) is 44.4 Å². The lowest BCUT2D eigenvalue weighted by atomic mass is 9.87. The molecule has 0 radical (unpaired) electrons. The van der Waals surface area contributed by atoms with E-state index in [0.29, 0.717) is 18.3 Å². The summed E-state index contributed by atoms with van der Waals surface area (Å²) in [6.07, 6.45) is 5.50. The van der Waals surface area contributed by atoms with Gasteiger partial charge in [0.05, 0.1) is 0 Å². The molecule has 0 fully saturated rings. The number of carbonyl (C=O) groups is 1. The molecule has 122 valence electrons. The number of rotatable bonds is 4. The molecule has 2 atom stereocenters. The SMILES string of the molecule is CCCC(=O)OC1=CCC2CC(c3ccccc3)c3cccc1c32. The summed E-state index contributed by atoms with van der Waals surface area (Å²) >= 11 is 0. The Labute approximate surface area is 143 Å². The standard InChI is InChI=1S/C22H22O2/c1-2-7-21(23)24-20-13-12-16-14-19(15-8-4-3-5-9-15)17-10-6-11-18(20)22(16)17/h3-6,8-11,13,16,19H,2,7,12,14H2,1H3. The number of esters is 1. The number of carbonyl (C=O) groups excluding carboxylic acids is 1. The fourth-order valence-electron chi connectivity index (χ4n) is 4.14. The molecule has 0 bridgehead atoms. The van der Waals surface area contributed by atoms with E-state index in [1.165, 1.54) is 16.7 Å². The molecule has 0 N–H and O–H groups in total. The van der Waals surface area contributed by atoms with Gasteiger partial charge in [-0.1, -0.05) is 55.5 Å². The molecule has 2 unspecified atom stereocenters. The predicted molar refractivity (Wildman–Crippen MR) is 95.7 cm³/mol. The maximum atomic E-state index is 11.9. The minimum absolute atomic E-state index is 0.127. The molecule has 0 aromatic heterocycles. The van der Waals surface area contributed by atoms with Crippen LogP contribution in [0.15, 0.2) is 54.6 Å². The molecule has 0 aliphatic heterocycles. The second-order valence-electron chi connectivity index (χ2n) is 6.73. The van der Waals surface area contributed by atoms with Crippen molar-refractivity contribution < 1.29 is 9.53 Å². The van der Waals surface area contributed by atoms with Gasteiger partial charge < -0.3 is 4.74 Å². The Hall–Kier alpha value is -2.35. The number of hydrogen-bond donors (Lipinski definition) is 0. The Morgan fingerprint density at radius 1 is 1.12 bits per heavy atom. The van der Waals surface area contributed by atoms with Crippen LogP contribution >= 0.6 is 0 Å². The second-order valence-corrected chi connectivity index (χ2v) is 6.73. The van der Waals surface area contributed by atoms with Gasteiger partial charge in [0.15, 0.2) is 0 Å². The molecule has 2 heteroatoms. The molecule has 0 saturated heterocycles. The average Bonchev–Trinajstić information content (AvgIpc) is 2.99. The van der Waals surface area contributed by atoms with Gasteiger partial charge in [0, 0.05) is 17.9 Å². The van der Waals surface area contributed by atoms with Crippen LogP contribution in [0.5, 0.6) is 0 Å². The Bertz CT molecular complexity index is 789. The molecule has 0 heterocycles. The molecule has 2 aliphatic carbocycles. The van der Waals surface area contributed by atoms with Crippen molar-refractivity contribution in [2.75, 3.05) is 0 Å². The van der Waals surface area contributed by atoms with Crippen LogP contribution in [0.4, 0.5) is 0 Å². The summed E-state index contributed by atoms with van der Waals surface area (Å²) in [6.45, 7) is 2.00. The van der Waals surface area contributed by atoms with Crippen molar-refractivity contribution in [3.63, 3.8) is 0 Å². The summed E-state index contributed by atoms with van der Waals surface area (Å²) < 4.78 is 5.65. The Kier molecular flexibility index (Phi) is 3.97. The molecule has 0 spiro atoms. The molecule has 2 aromatic carbocycles. The van der Waals surface area contributed by atoms with E-state index in [0.717, 1.165) is 30.6 Å². The summed E-state index contributed by atoms with van der Waals surface area (Å²) in [6, 6.07) is 17.2. The van der Waals surface area contributed by atoms with E-state index in [9.17, 15) is 4.79 Å². The van der Waals surface area contributed by atoms with Gasteiger partial charge in [0.2, 0.25) is 0 Å². The fourth-order valence-corrected chi connectivity index (χ4v) is 4.14. The minimum Gasteiger partial charge on any atom is -0.426 e. The van der Waals surface area contributed by atoms with E-state index in [1.54, 1.807) is 0 Å². The van der Waals surface area contributed by atoms with Crippen LogP contribution in [0.2, 0.25) is 0 Å². The Morgan fingerprint density at radius 2 is 1.96 bits per heavy atom. The van der Waals surface area contributed by atoms with Crippen LogP contribution in [0, 0.1) is 0 Å². The smallest absolute Gasteiger partial charge is 0.311 e. The number of hydrogen-bond acceptors (Lipinski definition) is 2. The van der Waals surface area contributed by atoms with Crippen molar-refractivity contribution in [3.8, 4) is 0 Å². The van der Waals surface area contributed by atoms with Crippen LogP contribution in [-0.4, -0.2) is 5.97 Å². The van der Waals surface area contributed by atoms with Gasteiger partial charge in [-0.15, -0.1) is 0 Å². The molecule has 24 heavy (non-hydrogen) atoms. The number of allylic oxidation sites excluding steroid dienone is 1. The van der Waals surface area contributed by atoms with E-state index in [-0.39, 0.29) is 5.97 Å². The van der Waals surface area contributed by atoms with Gasteiger partial charge in [-0.25, -0.2) is 0 Å². The third-order valence-corrected chi connectivity index (χ3v) is 5.18. The second kappa shape index (κ2) is 6.27. The largest absolute Gasteiger partial charge is 0.426 e. The molecule has 0 saturated carbocycles. The first kappa shape index (κ1) is 15.2. The minimum atomic E-state index is -0.127. The Balaban J connectivity index is 1.70. The molecule has 2 aromatic rings. The topological polar surface area (TPSA) is 26.3 Å². The number of ether oxygens (including phenoxy) is 1. The normalized spacial score (nSPS) is 21.1. The van der Waals surface area contributed by atoms with E-state index >= 15 is 0 Å². The van der Waals surface area contributed by atoms with Crippen LogP contribution in [0.3, 0.4) is 0 Å². The summed E-state index contributed by atoms with van der Waals surface area (Å²) in [5, 5.41) is 0. The van der Waals surface area contributed by atoms with Crippen molar-refractivity contribution in [2.24, 2.45) is 0 Å². The van der Waals surface area contributed by atoms with E-state index in [2.05, 4.69) is 54.6 Å². The van der Waals surface area contributed by atoms with Crippen LogP contribution in [-0.2, 0) is 9.53 Å². The first-order valence-electron chi connectivity index (χ1n) is 8.87. The maximum Gasteiger partial charge on any atom is 0.311 e. The van der Waals surface area contributed by atoms with Crippen LogP contribution < -0.4 is 0 Å². The van der Waals surface area contributed by atoms with E-state index in [1.807, 2.05) is 6.92 Å². The lowest BCUT2D eigenvalue weighted by Gasteiger charge is -2.21. The predicted octanol–water partition coefficient (Wildman–Crippen LogP) is 5.39. The molecule has 0 amide bonds. The third-order valence-electron chi connectivity index (χ3n) is 5.18. The zero-order valence-corrected chi connectivity index (χ0v) is 14.0.